The molecule has 0 heterocycles. The van der Waals surface area contributed by atoms with E-state index in [0.29, 0.717) is 5.41 Å². The van der Waals surface area contributed by atoms with E-state index in [2.05, 4.69) is 28.2 Å². The van der Waals surface area contributed by atoms with Gasteiger partial charge in [-0.2, -0.15) is 0 Å². The first kappa shape index (κ1) is 13.0. The van der Waals surface area contributed by atoms with E-state index in [1.165, 1.54) is 25.3 Å². The monoisotopic (exact) mass is 299 g/mol. The van der Waals surface area contributed by atoms with Gasteiger partial charge in [-0.3, -0.25) is 0 Å². The minimum Gasteiger partial charge on any atom is -0.316 e. The molecule has 1 aliphatic carbocycles. The van der Waals surface area contributed by atoms with Gasteiger partial charge in [0.25, 0.3) is 0 Å². The van der Waals surface area contributed by atoms with E-state index in [1.54, 1.807) is 6.07 Å². The van der Waals surface area contributed by atoms with E-state index in [-0.39, 0.29) is 5.82 Å². The Kier molecular flexibility index (Phi) is 4.21. The van der Waals surface area contributed by atoms with Crippen LogP contribution in [0.3, 0.4) is 0 Å². The highest BCUT2D eigenvalue weighted by Crippen LogP contribution is 2.44. The molecule has 0 saturated heterocycles. The van der Waals surface area contributed by atoms with Crippen LogP contribution in [0.1, 0.15) is 31.7 Å². The molecule has 1 saturated carbocycles. The van der Waals surface area contributed by atoms with Crippen molar-refractivity contribution in [2.45, 2.75) is 32.6 Å². The van der Waals surface area contributed by atoms with Gasteiger partial charge in [-0.15, -0.1) is 0 Å². The van der Waals surface area contributed by atoms with Gasteiger partial charge < -0.3 is 5.32 Å². The summed E-state index contributed by atoms with van der Waals surface area (Å²) in [4.78, 5) is 0. The standard InChI is InChI=1S/C14H19BrFN/c1-2-17-10-14(6-3-7-14)9-11-8-12(16)4-5-13(11)15/h4-5,8,17H,2-3,6-7,9-10H2,1H3. The minimum absolute atomic E-state index is 0.138. The first-order chi connectivity index (χ1) is 8.15. The largest absolute Gasteiger partial charge is 0.316 e. The first-order valence-corrected chi connectivity index (χ1v) is 7.09. The number of nitrogens with one attached hydrogen (secondary N) is 1. The Morgan fingerprint density at radius 3 is 2.76 bits per heavy atom. The molecule has 1 aliphatic rings. The van der Waals surface area contributed by atoms with Gasteiger partial charge in [0, 0.05) is 11.0 Å². The van der Waals surface area contributed by atoms with Crippen molar-refractivity contribution in [2.24, 2.45) is 5.41 Å². The minimum atomic E-state index is -0.138. The summed E-state index contributed by atoms with van der Waals surface area (Å²) >= 11 is 3.52. The third kappa shape index (κ3) is 3.08. The quantitative estimate of drug-likeness (QED) is 0.869. The molecular formula is C14H19BrFN. The zero-order chi connectivity index (χ0) is 12.3. The third-order valence-corrected chi connectivity index (χ3v) is 4.51. The summed E-state index contributed by atoms with van der Waals surface area (Å²) in [6.07, 6.45) is 4.78. The number of hydrogen-bond donors (Lipinski definition) is 1. The molecule has 94 valence electrons. The number of benzene rings is 1. The Morgan fingerprint density at radius 1 is 1.41 bits per heavy atom. The Labute approximate surface area is 111 Å². The van der Waals surface area contributed by atoms with Crippen molar-refractivity contribution in [3.05, 3.63) is 34.1 Å². The molecule has 0 aromatic heterocycles. The lowest BCUT2D eigenvalue weighted by molar-refractivity contribution is 0.131. The first-order valence-electron chi connectivity index (χ1n) is 6.30. The summed E-state index contributed by atoms with van der Waals surface area (Å²) in [6, 6.07) is 4.98. The van der Waals surface area contributed by atoms with E-state index < -0.39 is 0 Å². The molecule has 0 bridgehead atoms. The van der Waals surface area contributed by atoms with E-state index in [1.807, 2.05) is 6.07 Å². The Morgan fingerprint density at radius 2 is 2.18 bits per heavy atom. The summed E-state index contributed by atoms with van der Waals surface area (Å²) in [5, 5.41) is 3.44. The molecular weight excluding hydrogens is 281 g/mol. The molecule has 0 spiro atoms. The highest BCUT2D eigenvalue weighted by atomic mass is 79.9. The molecule has 1 aromatic rings. The predicted octanol–water partition coefficient (Wildman–Crippen LogP) is 3.91. The lowest BCUT2D eigenvalue weighted by Gasteiger charge is -2.42. The van der Waals surface area contributed by atoms with Crippen molar-refractivity contribution in [1.82, 2.24) is 5.32 Å². The van der Waals surface area contributed by atoms with Crippen LogP contribution in [0.2, 0.25) is 0 Å². The maximum Gasteiger partial charge on any atom is 0.123 e. The number of hydrogen-bond acceptors (Lipinski definition) is 1. The molecule has 0 aliphatic heterocycles. The van der Waals surface area contributed by atoms with E-state index in [0.717, 1.165) is 29.5 Å². The van der Waals surface area contributed by atoms with Crippen LogP contribution in [0, 0.1) is 11.2 Å². The lowest BCUT2D eigenvalue weighted by atomic mass is 9.65. The summed E-state index contributed by atoms with van der Waals surface area (Å²) in [5.74, 6) is -0.138. The summed E-state index contributed by atoms with van der Waals surface area (Å²) in [5.41, 5.74) is 1.45. The molecule has 17 heavy (non-hydrogen) atoms. The van der Waals surface area contributed by atoms with Gasteiger partial charge in [-0.25, -0.2) is 4.39 Å². The van der Waals surface area contributed by atoms with E-state index in [4.69, 9.17) is 0 Å². The molecule has 1 fully saturated rings. The molecule has 0 radical (unpaired) electrons. The van der Waals surface area contributed by atoms with Crippen LogP contribution in [0.4, 0.5) is 4.39 Å². The van der Waals surface area contributed by atoms with E-state index in [9.17, 15) is 4.39 Å². The lowest BCUT2D eigenvalue weighted by Crippen LogP contribution is -2.41. The molecule has 0 atom stereocenters. The average Bonchev–Trinajstić information content (AvgIpc) is 2.26. The molecule has 1 nitrogen and oxygen atoms in total. The van der Waals surface area contributed by atoms with Gasteiger partial charge in [-0.1, -0.05) is 29.3 Å². The SMILES string of the molecule is CCNCC1(Cc2cc(F)ccc2Br)CCC1. The van der Waals surface area contributed by atoms with E-state index >= 15 is 0 Å². The highest BCUT2D eigenvalue weighted by Gasteiger charge is 2.36. The van der Waals surface area contributed by atoms with Gasteiger partial charge in [0.1, 0.15) is 5.82 Å². The van der Waals surface area contributed by atoms with Gasteiger partial charge >= 0.3 is 0 Å². The van der Waals surface area contributed by atoms with Gasteiger partial charge in [0.2, 0.25) is 0 Å². The second-order valence-electron chi connectivity index (χ2n) is 5.05. The van der Waals surface area contributed by atoms with Crippen LogP contribution < -0.4 is 5.32 Å². The fourth-order valence-corrected chi connectivity index (χ4v) is 2.95. The Balaban J connectivity index is 2.09. The third-order valence-electron chi connectivity index (χ3n) is 3.74. The maximum absolute atomic E-state index is 13.3. The topological polar surface area (TPSA) is 12.0 Å². The second kappa shape index (κ2) is 5.49. The molecule has 2 rings (SSSR count). The van der Waals surface area contributed by atoms with Crippen LogP contribution >= 0.6 is 15.9 Å². The van der Waals surface area contributed by atoms with Crippen LogP contribution in [0.15, 0.2) is 22.7 Å². The highest BCUT2D eigenvalue weighted by molar-refractivity contribution is 9.10. The van der Waals surface area contributed by atoms with Crippen molar-refractivity contribution in [1.29, 1.82) is 0 Å². The summed E-state index contributed by atoms with van der Waals surface area (Å²) < 4.78 is 14.3. The molecule has 0 unspecified atom stereocenters. The van der Waals surface area contributed by atoms with Crippen molar-refractivity contribution >= 4 is 15.9 Å². The number of halogens is 2. The average molecular weight is 300 g/mol. The van der Waals surface area contributed by atoms with Crippen molar-refractivity contribution in [3.8, 4) is 0 Å². The summed E-state index contributed by atoms with van der Waals surface area (Å²) in [7, 11) is 0. The van der Waals surface area contributed by atoms with Crippen molar-refractivity contribution in [3.63, 3.8) is 0 Å². The summed E-state index contributed by atoms with van der Waals surface area (Å²) in [6.45, 7) is 4.18. The van der Waals surface area contributed by atoms with Crippen LogP contribution in [-0.4, -0.2) is 13.1 Å². The zero-order valence-electron chi connectivity index (χ0n) is 10.2. The Bertz CT molecular complexity index is 388. The van der Waals surface area contributed by atoms with Crippen LogP contribution in [0.25, 0.3) is 0 Å². The van der Waals surface area contributed by atoms with Gasteiger partial charge in [0.05, 0.1) is 0 Å². The second-order valence-corrected chi connectivity index (χ2v) is 5.90. The molecule has 1 aromatic carbocycles. The van der Waals surface area contributed by atoms with Gasteiger partial charge in [0.15, 0.2) is 0 Å². The fraction of sp³-hybridized carbons (Fsp3) is 0.571. The van der Waals surface area contributed by atoms with Crippen LogP contribution in [0.5, 0.6) is 0 Å². The zero-order valence-corrected chi connectivity index (χ0v) is 11.8. The molecule has 0 amide bonds. The van der Waals surface area contributed by atoms with Gasteiger partial charge in [-0.05, 0) is 55.0 Å². The predicted molar refractivity (Wildman–Crippen MR) is 72.6 cm³/mol. The Hall–Kier alpha value is -0.410. The smallest absolute Gasteiger partial charge is 0.123 e. The fourth-order valence-electron chi connectivity index (χ4n) is 2.57. The molecule has 1 N–H and O–H groups in total. The number of rotatable bonds is 5. The maximum atomic E-state index is 13.3. The molecule has 3 heteroatoms. The van der Waals surface area contributed by atoms with Crippen LogP contribution in [-0.2, 0) is 6.42 Å². The van der Waals surface area contributed by atoms with Crippen molar-refractivity contribution < 1.29 is 4.39 Å². The van der Waals surface area contributed by atoms with Crippen molar-refractivity contribution in [2.75, 3.05) is 13.1 Å². The normalized spacial score (nSPS) is 17.8.